The van der Waals surface area contributed by atoms with E-state index in [4.69, 9.17) is 0 Å². The maximum absolute atomic E-state index is 3.82. The fourth-order valence-electron chi connectivity index (χ4n) is 2.76. The number of aromatic amines is 1. The van der Waals surface area contributed by atoms with E-state index in [0.717, 1.165) is 0 Å². The lowest BCUT2D eigenvalue weighted by atomic mass is 10.0. The number of fused-ring (bicyclic) bond motifs is 1. The second-order valence-electron chi connectivity index (χ2n) is 8.00. The van der Waals surface area contributed by atoms with Crippen molar-refractivity contribution in [3.8, 4) is 0 Å². The van der Waals surface area contributed by atoms with E-state index in [2.05, 4.69) is 81.2 Å². The Morgan fingerprint density at radius 2 is 1.80 bits per heavy atom. The molecule has 0 radical (unpaired) electrons. The van der Waals surface area contributed by atoms with Gasteiger partial charge in [-0.3, -0.25) is 0 Å². The predicted octanol–water partition coefficient (Wildman–Crippen LogP) is 4.94. The van der Waals surface area contributed by atoms with Crippen molar-refractivity contribution in [3.63, 3.8) is 0 Å². The summed E-state index contributed by atoms with van der Waals surface area (Å²) in [6.07, 6.45) is 2.19. The summed E-state index contributed by atoms with van der Waals surface area (Å²) < 4.78 is 0. The number of hydrogen-bond donors (Lipinski definition) is 2. The zero-order valence-electron chi connectivity index (χ0n) is 13.7. The Hall–Kier alpha value is -1.06. The van der Waals surface area contributed by atoms with E-state index in [1.165, 1.54) is 22.5 Å². The molecule has 1 unspecified atom stereocenters. The molecule has 0 bridgehead atoms. The van der Waals surface area contributed by atoms with Gasteiger partial charge in [-0.1, -0.05) is 37.8 Å². The van der Waals surface area contributed by atoms with Crippen molar-refractivity contribution in [1.29, 1.82) is 0 Å². The Kier molecular flexibility index (Phi) is 4.12. The van der Waals surface area contributed by atoms with Gasteiger partial charge in [0.05, 0.1) is 0 Å². The van der Waals surface area contributed by atoms with Gasteiger partial charge in [-0.25, -0.2) is 0 Å². The molecule has 0 aliphatic carbocycles. The summed E-state index contributed by atoms with van der Waals surface area (Å²) in [6, 6.07) is 10.3. The maximum Gasteiger partial charge on any atom is 0.0461 e. The fourth-order valence-corrected chi connectivity index (χ4v) is 4.30. The van der Waals surface area contributed by atoms with E-state index in [1.807, 2.05) is 0 Å². The Bertz CT molecular complexity index is 556. The summed E-state index contributed by atoms with van der Waals surface area (Å²) >= 11 is 0. The van der Waals surface area contributed by atoms with Crippen molar-refractivity contribution in [2.75, 3.05) is 0 Å². The van der Waals surface area contributed by atoms with E-state index in [9.17, 15) is 0 Å². The first-order valence-electron chi connectivity index (χ1n) is 7.49. The molecule has 1 aromatic carbocycles. The normalized spacial score (nSPS) is 14.7. The first kappa shape index (κ1) is 15.3. The lowest BCUT2D eigenvalue weighted by molar-refractivity contribution is 0.377. The maximum atomic E-state index is 3.82. The summed E-state index contributed by atoms with van der Waals surface area (Å²) in [5.41, 5.74) is 2.78. The van der Waals surface area contributed by atoms with Gasteiger partial charge >= 0.3 is 0 Å². The minimum atomic E-state index is -1.14. The molecule has 1 heterocycles. The standard InChI is InChI=1S/C17H28N2Si/c1-17(2,3)19-16(12-20(4,5)6)14-11-18-15-10-8-7-9-13(14)15/h7-11,16,18-19H,12H2,1-6H3. The highest BCUT2D eigenvalue weighted by Crippen LogP contribution is 2.31. The van der Waals surface area contributed by atoms with Gasteiger partial charge in [-0.15, -0.1) is 0 Å². The molecule has 0 saturated carbocycles. The lowest BCUT2D eigenvalue weighted by Crippen LogP contribution is -2.41. The second-order valence-corrected chi connectivity index (χ2v) is 13.5. The zero-order chi connectivity index (χ0) is 15.0. The third-order valence-corrected chi connectivity index (χ3v) is 5.05. The summed E-state index contributed by atoms with van der Waals surface area (Å²) in [7, 11) is -1.14. The monoisotopic (exact) mass is 288 g/mol. The van der Waals surface area contributed by atoms with Crippen LogP contribution in [-0.4, -0.2) is 18.6 Å². The SMILES string of the molecule is CC(C)(C)NC(C[Si](C)(C)C)c1c[nH]c2ccccc12. The van der Waals surface area contributed by atoms with Crippen LogP contribution in [0.15, 0.2) is 30.5 Å². The van der Waals surface area contributed by atoms with Crippen LogP contribution in [0, 0.1) is 0 Å². The number of para-hydroxylation sites is 1. The lowest BCUT2D eigenvalue weighted by Gasteiger charge is -2.32. The number of hydrogen-bond acceptors (Lipinski definition) is 1. The molecule has 20 heavy (non-hydrogen) atoms. The Labute approximate surface area is 124 Å². The largest absolute Gasteiger partial charge is 0.361 e. The summed E-state index contributed by atoms with van der Waals surface area (Å²) in [6.45, 7) is 14.1. The average Bonchev–Trinajstić information content (AvgIpc) is 2.67. The van der Waals surface area contributed by atoms with Crippen LogP contribution >= 0.6 is 0 Å². The molecular formula is C17H28N2Si. The highest BCUT2D eigenvalue weighted by molar-refractivity contribution is 6.76. The van der Waals surface area contributed by atoms with Crippen LogP contribution in [0.5, 0.6) is 0 Å². The smallest absolute Gasteiger partial charge is 0.0461 e. The molecule has 110 valence electrons. The van der Waals surface area contributed by atoms with Gasteiger partial charge in [0.2, 0.25) is 0 Å². The predicted molar refractivity (Wildman–Crippen MR) is 92.1 cm³/mol. The van der Waals surface area contributed by atoms with Crippen molar-refractivity contribution < 1.29 is 0 Å². The third kappa shape index (κ3) is 3.97. The van der Waals surface area contributed by atoms with E-state index in [0.29, 0.717) is 6.04 Å². The molecule has 0 aliphatic rings. The topological polar surface area (TPSA) is 27.8 Å². The average molecular weight is 289 g/mol. The molecule has 0 saturated heterocycles. The molecule has 0 aliphatic heterocycles. The van der Waals surface area contributed by atoms with Crippen LogP contribution < -0.4 is 5.32 Å². The van der Waals surface area contributed by atoms with Crippen molar-refractivity contribution in [2.24, 2.45) is 0 Å². The quantitative estimate of drug-likeness (QED) is 0.767. The van der Waals surface area contributed by atoms with Crippen LogP contribution in [-0.2, 0) is 0 Å². The minimum Gasteiger partial charge on any atom is -0.361 e. The van der Waals surface area contributed by atoms with Crippen molar-refractivity contribution >= 4 is 19.0 Å². The van der Waals surface area contributed by atoms with Gasteiger partial charge in [0, 0.05) is 36.8 Å². The van der Waals surface area contributed by atoms with E-state index >= 15 is 0 Å². The van der Waals surface area contributed by atoms with Crippen molar-refractivity contribution in [2.45, 2.75) is 58.0 Å². The molecule has 2 nitrogen and oxygen atoms in total. The first-order valence-corrected chi connectivity index (χ1v) is 11.2. The van der Waals surface area contributed by atoms with Crippen LogP contribution in [0.25, 0.3) is 10.9 Å². The molecule has 1 atom stereocenters. The van der Waals surface area contributed by atoms with Crippen molar-refractivity contribution in [3.05, 3.63) is 36.0 Å². The molecule has 0 spiro atoms. The second kappa shape index (κ2) is 5.38. The number of benzene rings is 1. The Balaban J connectivity index is 2.39. The number of aromatic nitrogens is 1. The van der Waals surface area contributed by atoms with Crippen LogP contribution in [0.4, 0.5) is 0 Å². The molecule has 3 heteroatoms. The van der Waals surface area contributed by atoms with Gasteiger partial charge in [0.25, 0.3) is 0 Å². The molecule has 0 amide bonds. The van der Waals surface area contributed by atoms with Crippen molar-refractivity contribution in [1.82, 2.24) is 10.3 Å². The van der Waals surface area contributed by atoms with Gasteiger partial charge < -0.3 is 10.3 Å². The number of nitrogens with one attached hydrogen (secondary N) is 2. The molecule has 2 aromatic rings. The molecule has 2 N–H and O–H groups in total. The van der Waals surface area contributed by atoms with E-state index in [-0.39, 0.29) is 5.54 Å². The Morgan fingerprint density at radius 1 is 1.15 bits per heavy atom. The minimum absolute atomic E-state index is 0.128. The number of rotatable bonds is 4. The van der Waals surface area contributed by atoms with Gasteiger partial charge in [-0.2, -0.15) is 0 Å². The molecular weight excluding hydrogens is 260 g/mol. The summed E-state index contributed by atoms with van der Waals surface area (Å²) in [4.78, 5) is 3.42. The van der Waals surface area contributed by atoms with Gasteiger partial charge in [-0.05, 0) is 38.4 Å². The van der Waals surface area contributed by atoms with Crippen LogP contribution in [0.2, 0.25) is 25.7 Å². The van der Waals surface area contributed by atoms with Crippen LogP contribution in [0.3, 0.4) is 0 Å². The molecule has 2 rings (SSSR count). The summed E-state index contributed by atoms with van der Waals surface area (Å²) in [5, 5.41) is 5.18. The summed E-state index contributed by atoms with van der Waals surface area (Å²) in [5.74, 6) is 0. The Morgan fingerprint density at radius 3 is 2.40 bits per heavy atom. The number of H-pyrrole nitrogens is 1. The van der Waals surface area contributed by atoms with E-state index in [1.54, 1.807) is 0 Å². The highest BCUT2D eigenvalue weighted by atomic mass is 28.3. The van der Waals surface area contributed by atoms with Gasteiger partial charge in [0.1, 0.15) is 0 Å². The van der Waals surface area contributed by atoms with E-state index < -0.39 is 8.07 Å². The third-order valence-electron chi connectivity index (χ3n) is 3.42. The highest BCUT2D eigenvalue weighted by Gasteiger charge is 2.26. The zero-order valence-corrected chi connectivity index (χ0v) is 14.7. The van der Waals surface area contributed by atoms with Gasteiger partial charge in [0.15, 0.2) is 0 Å². The first-order chi connectivity index (χ1) is 9.16. The van der Waals surface area contributed by atoms with Crippen LogP contribution in [0.1, 0.15) is 32.4 Å². The molecule has 1 aromatic heterocycles. The molecule has 0 fully saturated rings. The fraction of sp³-hybridized carbons (Fsp3) is 0.529.